The van der Waals surface area contributed by atoms with Crippen LogP contribution in [-0.2, 0) is 0 Å². The van der Waals surface area contributed by atoms with E-state index in [1.807, 2.05) is 0 Å². The van der Waals surface area contributed by atoms with Gasteiger partial charge in [-0.05, 0) is 19.3 Å². The van der Waals surface area contributed by atoms with Crippen molar-refractivity contribution < 1.29 is 0 Å². The molecule has 0 saturated carbocycles. The summed E-state index contributed by atoms with van der Waals surface area (Å²) in [6.07, 6.45) is 24.5. The standard InChI is InChI=1S/C13H16/c1-2-4-6-8-10-12-13-11-9-7-5-3-1/h1-6,9,11-13H,7-8,10H2/b2-1-,5-3+,6-4?,11-9+,13-12-. The first kappa shape index (κ1) is 9.79. The molecule has 0 aromatic heterocycles. The second kappa shape index (κ2) is 7.35. The Bertz CT molecular complexity index is 249. The van der Waals surface area contributed by atoms with E-state index in [2.05, 4.69) is 60.8 Å². The summed E-state index contributed by atoms with van der Waals surface area (Å²) >= 11 is 0. The molecule has 0 spiro atoms. The molecule has 0 amide bonds. The SMILES string of the molecule is C1=CCC/C=C\C=C\C/C=C/C=C\1. The molecule has 13 heavy (non-hydrogen) atoms. The van der Waals surface area contributed by atoms with Crippen molar-refractivity contribution in [3.05, 3.63) is 60.8 Å². The topological polar surface area (TPSA) is 0 Å². The molecular weight excluding hydrogens is 156 g/mol. The highest BCUT2D eigenvalue weighted by atomic mass is 13.8. The summed E-state index contributed by atoms with van der Waals surface area (Å²) in [5.41, 5.74) is 0. The maximum Gasteiger partial charge on any atom is -0.0163 e. The predicted molar refractivity (Wildman–Crippen MR) is 59.6 cm³/mol. The molecule has 1 aliphatic rings. The minimum Gasteiger partial charge on any atom is -0.0842 e. The van der Waals surface area contributed by atoms with Crippen molar-refractivity contribution in [3.8, 4) is 0 Å². The zero-order valence-corrected chi connectivity index (χ0v) is 7.89. The molecule has 0 radical (unpaired) electrons. The summed E-state index contributed by atoms with van der Waals surface area (Å²) in [7, 11) is 0. The Morgan fingerprint density at radius 1 is 0.462 bits per heavy atom. The monoisotopic (exact) mass is 172 g/mol. The molecule has 0 bridgehead atoms. The van der Waals surface area contributed by atoms with Gasteiger partial charge in [-0.3, -0.25) is 0 Å². The van der Waals surface area contributed by atoms with Crippen LogP contribution >= 0.6 is 0 Å². The maximum absolute atomic E-state index is 2.20. The van der Waals surface area contributed by atoms with Gasteiger partial charge in [0.1, 0.15) is 0 Å². The Morgan fingerprint density at radius 2 is 0.923 bits per heavy atom. The van der Waals surface area contributed by atoms with E-state index in [9.17, 15) is 0 Å². The molecule has 0 nitrogen and oxygen atoms in total. The van der Waals surface area contributed by atoms with Crippen LogP contribution in [-0.4, -0.2) is 0 Å². The normalized spacial score (nSPS) is 27.7. The van der Waals surface area contributed by atoms with Gasteiger partial charge >= 0.3 is 0 Å². The highest BCUT2D eigenvalue weighted by Crippen LogP contribution is 1.96. The summed E-state index contributed by atoms with van der Waals surface area (Å²) in [6.45, 7) is 0. The molecule has 1 aliphatic carbocycles. The first-order valence-corrected chi connectivity index (χ1v) is 4.80. The largest absolute Gasteiger partial charge is 0.0842 e. The molecule has 0 aromatic carbocycles. The second-order valence-electron chi connectivity index (χ2n) is 2.91. The first-order valence-electron chi connectivity index (χ1n) is 4.80. The van der Waals surface area contributed by atoms with E-state index in [4.69, 9.17) is 0 Å². The van der Waals surface area contributed by atoms with Gasteiger partial charge in [0.2, 0.25) is 0 Å². The van der Waals surface area contributed by atoms with E-state index in [1.165, 1.54) is 0 Å². The molecule has 0 aliphatic heterocycles. The Labute approximate surface area is 80.7 Å². The molecule has 0 N–H and O–H groups in total. The van der Waals surface area contributed by atoms with Gasteiger partial charge in [0, 0.05) is 0 Å². The summed E-state index contributed by atoms with van der Waals surface area (Å²) < 4.78 is 0. The van der Waals surface area contributed by atoms with E-state index in [0.717, 1.165) is 19.3 Å². The number of rotatable bonds is 0. The lowest BCUT2D eigenvalue weighted by Gasteiger charge is -1.83. The second-order valence-corrected chi connectivity index (χ2v) is 2.91. The van der Waals surface area contributed by atoms with Crippen molar-refractivity contribution in [2.75, 3.05) is 0 Å². The van der Waals surface area contributed by atoms with E-state index >= 15 is 0 Å². The third-order valence-corrected chi connectivity index (χ3v) is 1.76. The van der Waals surface area contributed by atoms with Crippen LogP contribution in [0.3, 0.4) is 0 Å². The zero-order valence-electron chi connectivity index (χ0n) is 7.89. The van der Waals surface area contributed by atoms with Crippen LogP contribution in [0.4, 0.5) is 0 Å². The Kier molecular flexibility index (Phi) is 5.54. The lowest BCUT2D eigenvalue weighted by molar-refractivity contribution is 1.05. The van der Waals surface area contributed by atoms with E-state index in [1.54, 1.807) is 0 Å². The lowest BCUT2D eigenvalue weighted by Crippen LogP contribution is -1.62. The zero-order chi connectivity index (χ0) is 9.19. The molecule has 0 fully saturated rings. The van der Waals surface area contributed by atoms with Crippen molar-refractivity contribution in [2.24, 2.45) is 0 Å². The van der Waals surface area contributed by atoms with Crippen molar-refractivity contribution in [1.82, 2.24) is 0 Å². The molecule has 0 aromatic rings. The summed E-state index contributed by atoms with van der Waals surface area (Å²) in [6, 6.07) is 0. The average Bonchev–Trinajstić information content (AvgIpc) is 2.18. The van der Waals surface area contributed by atoms with Crippen molar-refractivity contribution in [1.29, 1.82) is 0 Å². The number of hydrogen-bond donors (Lipinski definition) is 0. The molecule has 1 rings (SSSR count). The average molecular weight is 172 g/mol. The van der Waals surface area contributed by atoms with Gasteiger partial charge in [-0.2, -0.15) is 0 Å². The van der Waals surface area contributed by atoms with Crippen molar-refractivity contribution in [2.45, 2.75) is 19.3 Å². The van der Waals surface area contributed by atoms with Crippen molar-refractivity contribution >= 4 is 0 Å². The van der Waals surface area contributed by atoms with Crippen LogP contribution in [0, 0.1) is 0 Å². The molecule has 0 saturated heterocycles. The third kappa shape index (κ3) is 5.92. The van der Waals surface area contributed by atoms with Crippen LogP contribution in [0.15, 0.2) is 60.8 Å². The van der Waals surface area contributed by atoms with Gasteiger partial charge in [-0.25, -0.2) is 0 Å². The maximum atomic E-state index is 2.20. The van der Waals surface area contributed by atoms with Crippen LogP contribution in [0.2, 0.25) is 0 Å². The number of hydrogen-bond acceptors (Lipinski definition) is 0. The van der Waals surface area contributed by atoms with E-state index in [0.29, 0.717) is 0 Å². The van der Waals surface area contributed by atoms with Gasteiger partial charge in [0.05, 0.1) is 0 Å². The third-order valence-electron chi connectivity index (χ3n) is 1.76. The van der Waals surface area contributed by atoms with Gasteiger partial charge in [-0.1, -0.05) is 60.8 Å². The molecule has 0 heterocycles. The van der Waals surface area contributed by atoms with Gasteiger partial charge in [-0.15, -0.1) is 0 Å². The minimum absolute atomic E-state index is 1.01. The van der Waals surface area contributed by atoms with Crippen LogP contribution < -0.4 is 0 Å². The smallest absolute Gasteiger partial charge is 0.0163 e. The van der Waals surface area contributed by atoms with Gasteiger partial charge in [0.25, 0.3) is 0 Å². The molecular formula is C13H16. The first-order chi connectivity index (χ1) is 6.50. The Balaban J connectivity index is 2.49. The molecule has 0 heteroatoms. The molecule has 0 unspecified atom stereocenters. The summed E-state index contributed by atoms with van der Waals surface area (Å²) in [5, 5.41) is 0. The van der Waals surface area contributed by atoms with Gasteiger partial charge in [0.15, 0.2) is 0 Å². The minimum atomic E-state index is 1.01. The number of allylic oxidation sites excluding steroid dienone is 10. The van der Waals surface area contributed by atoms with Crippen LogP contribution in [0.5, 0.6) is 0 Å². The summed E-state index contributed by atoms with van der Waals surface area (Å²) in [5.74, 6) is 0. The Hall–Kier alpha value is -1.30. The quantitative estimate of drug-likeness (QED) is 0.519. The predicted octanol–water partition coefficient (Wildman–Crippen LogP) is 3.95. The highest BCUT2D eigenvalue weighted by Gasteiger charge is 1.75. The van der Waals surface area contributed by atoms with Crippen LogP contribution in [0.25, 0.3) is 0 Å². The van der Waals surface area contributed by atoms with E-state index < -0.39 is 0 Å². The van der Waals surface area contributed by atoms with Crippen molar-refractivity contribution in [3.63, 3.8) is 0 Å². The molecule has 0 atom stereocenters. The molecule has 68 valence electrons. The van der Waals surface area contributed by atoms with Crippen LogP contribution in [0.1, 0.15) is 19.3 Å². The fourth-order valence-electron chi connectivity index (χ4n) is 1.06. The lowest BCUT2D eigenvalue weighted by atomic mass is 10.2. The highest BCUT2D eigenvalue weighted by molar-refractivity contribution is 5.13. The fourth-order valence-corrected chi connectivity index (χ4v) is 1.06. The Morgan fingerprint density at radius 3 is 1.62 bits per heavy atom. The van der Waals surface area contributed by atoms with E-state index in [-0.39, 0.29) is 0 Å². The summed E-state index contributed by atoms with van der Waals surface area (Å²) in [4.78, 5) is 0. The van der Waals surface area contributed by atoms with Gasteiger partial charge < -0.3 is 0 Å². The fraction of sp³-hybridized carbons (Fsp3) is 0.231.